The van der Waals surface area contributed by atoms with Crippen molar-refractivity contribution in [3.05, 3.63) is 0 Å². The summed E-state index contributed by atoms with van der Waals surface area (Å²) in [7, 11) is 1.90. The number of hydrogen-bond donors (Lipinski definition) is 0. The monoisotopic (exact) mass is 287 g/mol. The molecule has 0 aromatic carbocycles. The van der Waals surface area contributed by atoms with E-state index in [-0.39, 0.29) is 11.9 Å². The lowest BCUT2D eigenvalue weighted by atomic mass is 9.97. The molecule has 0 amide bonds. The SMILES string of the molecule is CN(CCOC(=O)C(C)(C)C)CCOC(=O)C(C)(C)C. The van der Waals surface area contributed by atoms with E-state index in [9.17, 15) is 9.59 Å². The maximum Gasteiger partial charge on any atom is 0.311 e. The van der Waals surface area contributed by atoms with Crippen molar-refractivity contribution in [1.82, 2.24) is 4.90 Å². The van der Waals surface area contributed by atoms with Gasteiger partial charge in [-0.3, -0.25) is 14.5 Å². The molecule has 0 unspecified atom stereocenters. The normalized spacial score (nSPS) is 12.4. The fraction of sp³-hybridized carbons (Fsp3) is 0.867. The molecule has 20 heavy (non-hydrogen) atoms. The van der Waals surface area contributed by atoms with Crippen LogP contribution in [0.15, 0.2) is 0 Å². The molecule has 0 aliphatic carbocycles. The Balaban J connectivity index is 3.78. The molecule has 5 heteroatoms. The summed E-state index contributed by atoms with van der Waals surface area (Å²) >= 11 is 0. The topological polar surface area (TPSA) is 55.8 Å². The fourth-order valence-electron chi connectivity index (χ4n) is 1.13. The van der Waals surface area contributed by atoms with Crippen LogP contribution in [0.4, 0.5) is 0 Å². The van der Waals surface area contributed by atoms with E-state index in [0.717, 1.165) is 0 Å². The number of nitrogens with zero attached hydrogens (tertiary/aromatic N) is 1. The first-order valence-electron chi connectivity index (χ1n) is 6.97. The minimum Gasteiger partial charge on any atom is -0.464 e. The Kier molecular flexibility index (Phi) is 7.20. The summed E-state index contributed by atoms with van der Waals surface area (Å²) in [4.78, 5) is 25.1. The van der Waals surface area contributed by atoms with E-state index >= 15 is 0 Å². The van der Waals surface area contributed by atoms with Crippen LogP contribution in [0.2, 0.25) is 0 Å². The summed E-state index contributed by atoms with van der Waals surface area (Å²) in [6, 6.07) is 0. The van der Waals surface area contributed by atoms with Gasteiger partial charge in [0, 0.05) is 13.1 Å². The van der Waals surface area contributed by atoms with Gasteiger partial charge in [-0.05, 0) is 48.6 Å². The third-order valence-electron chi connectivity index (χ3n) is 2.64. The first kappa shape index (κ1) is 18.9. The van der Waals surface area contributed by atoms with Gasteiger partial charge in [0.1, 0.15) is 13.2 Å². The summed E-state index contributed by atoms with van der Waals surface area (Å²) in [5, 5.41) is 0. The van der Waals surface area contributed by atoms with Gasteiger partial charge >= 0.3 is 11.9 Å². The summed E-state index contributed by atoms with van der Waals surface area (Å²) in [6.07, 6.45) is 0. The Morgan fingerprint density at radius 1 is 0.800 bits per heavy atom. The standard InChI is InChI=1S/C15H29NO4/c1-14(2,3)12(17)19-10-8-16(7)9-11-20-13(18)15(4,5)6/h8-11H2,1-7H3. The van der Waals surface area contributed by atoms with Crippen molar-refractivity contribution in [1.29, 1.82) is 0 Å². The van der Waals surface area contributed by atoms with Crippen LogP contribution in [0.5, 0.6) is 0 Å². The van der Waals surface area contributed by atoms with Crippen LogP contribution in [-0.2, 0) is 19.1 Å². The molecule has 0 N–H and O–H groups in total. The second kappa shape index (κ2) is 7.62. The lowest BCUT2D eigenvalue weighted by Crippen LogP contribution is -2.32. The van der Waals surface area contributed by atoms with Gasteiger partial charge in [0.2, 0.25) is 0 Å². The molecule has 0 saturated heterocycles. The van der Waals surface area contributed by atoms with Gasteiger partial charge in [-0.2, -0.15) is 0 Å². The number of rotatable bonds is 6. The minimum atomic E-state index is -0.471. The Hall–Kier alpha value is -1.10. The molecular formula is C15H29NO4. The van der Waals surface area contributed by atoms with E-state index in [1.54, 1.807) is 0 Å². The van der Waals surface area contributed by atoms with E-state index in [2.05, 4.69) is 0 Å². The number of carbonyl (C=O) groups excluding carboxylic acids is 2. The number of carbonyl (C=O) groups is 2. The molecule has 0 aromatic rings. The third-order valence-corrected chi connectivity index (χ3v) is 2.64. The molecule has 0 radical (unpaired) electrons. The van der Waals surface area contributed by atoms with Crippen LogP contribution in [0.1, 0.15) is 41.5 Å². The predicted octanol–water partition coefficient (Wildman–Crippen LogP) is 2.10. The van der Waals surface area contributed by atoms with E-state index in [4.69, 9.17) is 9.47 Å². The van der Waals surface area contributed by atoms with Gasteiger partial charge < -0.3 is 9.47 Å². The molecule has 0 bridgehead atoms. The smallest absolute Gasteiger partial charge is 0.311 e. The second-order valence-corrected chi connectivity index (χ2v) is 7.08. The van der Waals surface area contributed by atoms with Crippen molar-refractivity contribution in [3.63, 3.8) is 0 Å². The van der Waals surface area contributed by atoms with Gasteiger partial charge in [-0.1, -0.05) is 0 Å². The second-order valence-electron chi connectivity index (χ2n) is 7.08. The number of esters is 2. The highest BCUT2D eigenvalue weighted by molar-refractivity contribution is 5.75. The maximum atomic E-state index is 11.5. The summed E-state index contributed by atoms with van der Waals surface area (Å²) < 4.78 is 10.3. The van der Waals surface area contributed by atoms with Crippen LogP contribution in [0.25, 0.3) is 0 Å². The Morgan fingerprint density at radius 2 is 1.10 bits per heavy atom. The highest BCUT2D eigenvalue weighted by atomic mass is 16.5. The molecule has 5 nitrogen and oxygen atoms in total. The Bertz CT molecular complexity index is 294. The van der Waals surface area contributed by atoms with Gasteiger partial charge in [0.05, 0.1) is 10.8 Å². The third kappa shape index (κ3) is 8.15. The molecule has 0 spiro atoms. The molecule has 0 saturated carbocycles. The van der Waals surface area contributed by atoms with Crippen LogP contribution in [0, 0.1) is 10.8 Å². The molecule has 0 heterocycles. The molecule has 0 aliphatic heterocycles. The zero-order valence-corrected chi connectivity index (χ0v) is 13.9. The zero-order chi connectivity index (χ0) is 16.0. The fourth-order valence-corrected chi connectivity index (χ4v) is 1.13. The molecule has 0 fully saturated rings. The first-order chi connectivity index (χ1) is 8.94. The summed E-state index contributed by atoms with van der Waals surface area (Å²) in [6.45, 7) is 12.9. The molecule has 0 rings (SSSR count). The van der Waals surface area contributed by atoms with Gasteiger partial charge in [0.15, 0.2) is 0 Å². The van der Waals surface area contributed by atoms with Crippen molar-refractivity contribution in [2.75, 3.05) is 33.4 Å². The van der Waals surface area contributed by atoms with Crippen molar-refractivity contribution in [3.8, 4) is 0 Å². The zero-order valence-electron chi connectivity index (χ0n) is 13.9. The quantitative estimate of drug-likeness (QED) is 0.700. The van der Waals surface area contributed by atoms with Crippen LogP contribution >= 0.6 is 0 Å². The molecule has 0 atom stereocenters. The van der Waals surface area contributed by atoms with E-state index in [0.29, 0.717) is 26.3 Å². The average molecular weight is 287 g/mol. The van der Waals surface area contributed by atoms with Crippen molar-refractivity contribution < 1.29 is 19.1 Å². The maximum absolute atomic E-state index is 11.5. The number of likely N-dealkylation sites (N-methyl/N-ethyl adjacent to an activating group) is 1. The summed E-state index contributed by atoms with van der Waals surface area (Å²) in [5.41, 5.74) is -0.943. The van der Waals surface area contributed by atoms with Gasteiger partial charge in [-0.25, -0.2) is 0 Å². The Labute approximate surface area is 122 Å². The van der Waals surface area contributed by atoms with Gasteiger partial charge in [0.25, 0.3) is 0 Å². The number of hydrogen-bond acceptors (Lipinski definition) is 5. The van der Waals surface area contributed by atoms with Gasteiger partial charge in [-0.15, -0.1) is 0 Å². The first-order valence-corrected chi connectivity index (χ1v) is 6.97. The lowest BCUT2D eigenvalue weighted by molar-refractivity contribution is -0.153. The van der Waals surface area contributed by atoms with Crippen molar-refractivity contribution in [2.45, 2.75) is 41.5 Å². The largest absolute Gasteiger partial charge is 0.464 e. The van der Waals surface area contributed by atoms with Crippen LogP contribution in [0.3, 0.4) is 0 Å². The van der Waals surface area contributed by atoms with E-state index in [1.807, 2.05) is 53.5 Å². The highest BCUT2D eigenvalue weighted by Crippen LogP contribution is 2.15. The predicted molar refractivity (Wildman–Crippen MR) is 78.3 cm³/mol. The minimum absolute atomic E-state index is 0.204. The average Bonchev–Trinajstić information content (AvgIpc) is 2.26. The molecular weight excluding hydrogens is 258 g/mol. The molecule has 0 aliphatic rings. The van der Waals surface area contributed by atoms with Crippen molar-refractivity contribution >= 4 is 11.9 Å². The van der Waals surface area contributed by atoms with Crippen LogP contribution < -0.4 is 0 Å². The highest BCUT2D eigenvalue weighted by Gasteiger charge is 2.23. The van der Waals surface area contributed by atoms with Crippen molar-refractivity contribution in [2.24, 2.45) is 10.8 Å². The lowest BCUT2D eigenvalue weighted by Gasteiger charge is -2.21. The summed E-state index contributed by atoms with van der Waals surface area (Å²) in [5.74, 6) is -0.407. The van der Waals surface area contributed by atoms with E-state index in [1.165, 1.54) is 0 Å². The Morgan fingerprint density at radius 3 is 1.35 bits per heavy atom. The molecule has 118 valence electrons. The number of ether oxygens (including phenoxy) is 2. The molecule has 0 aromatic heterocycles. The van der Waals surface area contributed by atoms with E-state index < -0.39 is 10.8 Å². The van der Waals surface area contributed by atoms with Crippen LogP contribution in [-0.4, -0.2) is 50.2 Å².